The van der Waals surface area contributed by atoms with E-state index in [2.05, 4.69) is 15.4 Å². The summed E-state index contributed by atoms with van der Waals surface area (Å²) in [5.74, 6) is -1.31. The average molecular weight is 260 g/mol. The zero-order valence-electron chi connectivity index (χ0n) is 9.98. The summed E-state index contributed by atoms with van der Waals surface area (Å²) in [6.07, 6.45) is 6.27. The Labute approximate surface area is 108 Å². The van der Waals surface area contributed by atoms with Gasteiger partial charge in [0.1, 0.15) is 0 Å². The van der Waals surface area contributed by atoms with E-state index in [1.54, 1.807) is 23.1 Å². The number of amides is 1. The smallest absolute Gasteiger partial charge is 0.337 e. The van der Waals surface area contributed by atoms with Crippen molar-refractivity contribution in [3.8, 4) is 0 Å². The van der Waals surface area contributed by atoms with Gasteiger partial charge in [-0.25, -0.2) is 4.79 Å². The minimum Gasteiger partial charge on any atom is -0.478 e. The quantitative estimate of drug-likeness (QED) is 0.836. The van der Waals surface area contributed by atoms with Crippen LogP contribution in [-0.2, 0) is 11.3 Å². The van der Waals surface area contributed by atoms with E-state index in [4.69, 9.17) is 5.11 Å². The SMILES string of the molecule is O=C(CCn1cccn1)Nc1cncc(C(=O)O)c1. The van der Waals surface area contributed by atoms with Crippen LogP contribution in [0.4, 0.5) is 5.69 Å². The number of pyridine rings is 1. The molecule has 0 aliphatic rings. The van der Waals surface area contributed by atoms with Crippen LogP contribution in [-0.4, -0.2) is 31.7 Å². The lowest BCUT2D eigenvalue weighted by Crippen LogP contribution is -2.15. The fourth-order valence-corrected chi connectivity index (χ4v) is 1.50. The molecule has 2 N–H and O–H groups in total. The molecule has 0 bridgehead atoms. The largest absolute Gasteiger partial charge is 0.478 e. The number of carbonyl (C=O) groups is 2. The number of aromatic nitrogens is 3. The highest BCUT2D eigenvalue weighted by Gasteiger charge is 2.07. The van der Waals surface area contributed by atoms with Crippen LogP contribution in [0.5, 0.6) is 0 Å². The third kappa shape index (κ3) is 3.63. The van der Waals surface area contributed by atoms with E-state index in [0.29, 0.717) is 12.2 Å². The fourth-order valence-electron chi connectivity index (χ4n) is 1.50. The van der Waals surface area contributed by atoms with E-state index in [1.807, 2.05) is 0 Å². The van der Waals surface area contributed by atoms with Crippen LogP contribution in [0.15, 0.2) is 36.9 Å². The van der Waals surface area contributed by atoms with Crippen molar-refractivity contribution in [1.29, 1.82) is 0 Å². The Morgan fingerprint density at radius 3 is 2.89 bits per heavy atom. The molecular weight excluding hydrogens is 248 g/mol. The fraction of sp³-hybridized carbons (Fsp3) is 0.167. The number of rotatable bonds is 5. The van der Waals surface area contributed by atoms with Gasteiger partial charge in [0.05, 0.1) is 17.4 Å². The topological polar surface area (TPSA) is 97.1 Å². The first-order chi connectivity index (χ1) is 9.15. The van der Waals surface area contributed by atoms with Gasteiger partial charge in [-0.1, -0.05) is 0 Å². The monoisotopic (exact) mass is 260 g/mol. The Morgan fingerprint density at radius 1 is 1.37 bits per heavy atom. The molecule has 0 aliphatic heterocycles. The summed E-state index contributed by atoms with van der Waals surface area (Å²) in [5, 5.41) is 15.4. The molecule has 7 nitrogen and oxygen atoms in total. The minimum absolute atomic E-state index is 0.0323. The number of carboxylic acid groups (broad SMARTS) is 1. The van der Waals surface area contributed by atoms with E-state index in [0.717, 1.165) is 0 Å². The molecule has 0 atom stereocenters. The zero-order chi connectivity index (χ0) is 13.7. The second-order valence-electron chi connectivity index (χ2n) is 3.83. The number of hydrogen-bond donors (Lipinski definition) is 2. The molecule has 0 saturated heterocycles. The molecule has 0 fully saturated rings. The van der Waals surface area contributed by atoms with Crippen LogP contribution >= 0.6 is 0 Å². The molecular formula is C12H12N4O3. The van der Waals surface area contributed by atoms with Crippen molar-refractivity contribution in [2.45, 2.75) is 13.0 Å². The first-order valence-electron chi connectivity index (χ1n) is 5.61. The molecule has 0 radical (unpaired) electrons. The summed E-state index contributed by atoms with van der Waals surface area (Å²) in [5.41, 5.74) is 0.398. The second-order valence-corrected chi connectivity index (χ2v) is 3.83. The van der Waals surface area contributed by atoms with E-state index in [-0.39, 0.29) is 17.9 Å². The molecule has 1 amide bonds. The van der Waals surface area contributed by atoms with E-state index in [9.17, 15) is 9.59 Å². The predicted molar refractivity (Wildman–Crippen MR) is 66.7 cm³/mol. The molecule has 0 saturated carbocycles. The molecule has 0 aromatic carbocycles. The van der Waals surface area contributed by atoms with Gasteiger partial charge in [0.15, 0.2) is 0 Å². The van der Waals surface area contributed by atoms with Crippen LogP contribution in [0.25, 0.3) is 0 Å². The van der Waals surface area contributed by atoms with Crippen molar-refractivity contribution in [3.63, 3.8) is 0 Å². The highest BCUT2D eigenvalue weighted by molar-refractivity contribution is 5.93. The summed E-state index contributed by atoms with van der Waals surface area (Å²) >= 11 is 0. The number of hydrogen-bond acceptors (Lipinski definition) is 4. The highest BCUT2D eigenvalue weighted by atomic mass is 16.4. The Morgan fingerprint density at radius 2 is 2.21 bits per heavy atom. The first kappa shape index (κ1) is 12.7. The number of nitrogens with one attached hydrogen (secondary N) is 1. The maximum atomic E-state index is 11.7. The molecule has 19 heavy (non-hydrogen) atoms. The number of anilines is 1. The summed E-state index contributed by atoms with van der Waals surface area (Å²) in [6, 6.07) is 3.14. The third-order valence-corrected chi connectivity index (χ3v) is 2.40. The van der Waals surface area contributed by atoms with Gasteiger partial charge in [0.2, 0.25) is 5.91 Å². The standard InChI is InChI=1S/C12H12N4O3/c17-11(2-5-16-4-1-3-14-16)15-10-6-9(12(18)19)7-13-8-10/h1,3-4,6-8H,2,5H2,(H,15,17)(H,18,19). The summed E-state index contributed by atoms with van der Waals surface area (Å²) in [6.45, 7) is 0.463. The lowest BCUT2D eigenvalue weighted by atomic mass is 10.2. The summed E-state index contributed by atoms with van der Waals surface area (Å²) in [7, 11) is 0. The van der Waals surface area contributed by atoms with Gasteiger partial charge in [-0.2, -0.15) is 5.10 Å². The van der Waals surface area contributed by atoms with Crippen molar-refractivity contribution in [3.05, 3.63) is 42.5 Å². The van der Waals surface area contributed by atoms with Gasteiger partial charge in [0, 0.05) is 31.6 Å². The van der Waals surface area contributed by atoms with Gasteiger partial charge < -0.3 is 10.4 Å². The van der Waals surface area contributed by atoms with Crippen LogP contribution < -0.4 is 5.32 Å². The van der Waals surface area contributed by atoms with Crippen molar-refractivity contribution in [2.75, 3.05) is 5.32 Å². The van der Waals surface area contributed by atoms with Crippen molar-refractivity contribution >= 4 is 17.6 Å². The van der Waals surface area contributed by atoms with Crippen molar-refractivity contribution in [1.82, 2.24) is 14.8 Å². The van der Waals surface area contributed by atoms with Gasteiger partial charge in [-0.05, 0) is 12.1 Å². The van der Waals surface area contributed by atoms with Gasteiger partial charge in [-0.3, -0.25) is 14.5 Å². The van der Waals surface area contributed by atoms with Crippen LogP contribution in [0.2, 0.25) is 0 Å². The predicted octanol–water partition coefficient (Wildman–Crippen LogP) is 1.01. The first-order valence-corrected chi connectivity index (χ1v) is 5.61. The van der Waals surface area contributed by atoms with E-state index >= 15 is 0 Å². The number of aryl methyl sites for hydroxylation is 1. The number of carboxylic acids is 1. The summed E-state index contributed by atoms with van der Waals surface area (Å²) in [4.78, 5) is 26.2. The molecule has 0 spiro atoms. The molecule has 2 aromatic rings. The second kappa shape index (κ2) is 5.76. The molecule has 7 heteroatoms. The van der Waals surface area contributed by atoms with Gasteiger partial charge >= 0.3 is 5.97 Å². The zero-order valence-corrected chi connectivity index (χ0v) is 9.98. The van der Waals surface area contributed by atoms with Crippen LogP contribution in [0.3, 0.4) is 0 Å². The average Bonchev–Trinajstić information content (AvgIpc) is 2.90. The van der Waals surface area contributed by atoms with Gasteiger partial charge in [-0.15, -0.1) is 0 Å². The number of carbonyl (C=O) groups excluding carboxylic acids is 1. The lowest BCUT2D eigenvalue weighted by molar-refractivity contribution is -0.116. The summed E-state index contributed by atoms with van der Waals surface area (Å²) < 4.78 is 1.64. The lowest BCUT2D eigenvalue weighted by Gasteiger charge is -2.05. The number of nitrogens with zero attached hydrogens (tertiary/aromatic N) is 3. The third-order valence-electron chi connectivity index (χ3n) is 2.40. The normalized spacial score (nSPS) is 10.1. The molecule has 2 heterocycles. The van der Waals surface area contributed by atoms with Crippen molar-refractivity contribution < 1.29 is 14.7 Å². The molecule has 2 rings (SSSR count). The van der Waals surface area contributed by atoms with E-state index < -0.39 is 5.97 Å². The van der Waals surface area contributed by atoms with Crippen molar-refractivity contribution in [2.24, 2.45) is 0 Å². The highest BCUT2D eigenvalue weighted by Crippen LogP contribution is 2.08. The van der Waals surface area contributed by atoms with Gasteiger partial charge in [0.25, 0.3) is 0 Å². The Kier molecular flexibility index (Phi) is 3.87. The van der Waals surface area contributed by atoms with Crippen LogP contribution in [0.1, 0.15) is 16.8 Å². The maximum Gasteiger partial charge on any atom is 0.337 e. The molecule has 0 aliphatic carbocycles. The Hall–Kier alpha value is -2.70. The Bertz CT molecular complexity index is 580. The van der Waals surface area contributed by atoms with Crippen LogP contribution in [0, 0.1) is 0 Å². The molecule has 98 valence electrons. The number of aromatic carboxylic acids is 1. The molecule has 0 unspecified atom stereocenters. The van der Waals surface area contributed by atoms with E-state index in [1.165, 1.54) is 18.5 Å². The minimum atomic E-state index is -1.08. The maximum absolute atomic E-state index is 11.7. The molecule has 2 aromatic heterocycles. The Balaban J connectivity index is 1.91.